The molecule has 0 bridgehead atoms. The molecule has 0 unspecified atom stereocenters. The molecule has 0 radical (unpaired) electrons. The summed E-state index contributed by atoms with van der Waals surface area (Å²) in [6.45, 7) is 17.2. The number of esters is 2. The van der Waals surface area contributed by atoms with Crippen LogP contribution in [0.25, 0.3) is 0 Å². The van der Waals surface area contributed by atoms with Crippen molar-refractivity contribution in [2.24, 2.45) is 10.8 Å². The molecule has 5 atom stereocenters. The number of ether oxygens (including phenoxy) is 3. The summed E-state index contributed by atoms with van der Waals surface area (Å²) < 4.78 is 16.6. The lowest BCUT2D eigenvalue weighted by Crippen LogP contribution is -2.46. The molecule has 2 aliphatic carbocycles. The number of aliphatic hydroxyl groups excluding tert-OH is 1. The number of methoxy groups -OCH3 is 1. The molecule has 7 heteroatoms. The molecule has 1 saturated heterocycles. The maximum Gasteiger partial charge on any atom is 0.338 e. The molecule has 0 spiro atoms. The first kappa shape index (κ1) is 37.8. The molecular formula is C40H52O7. The second-order valence-electron chi connectivity index (χ2n) is 14.7. The Bertz CT molecular complexity index is 1520. The van der Waals surface area contributed by atoms with Gasteiger partial charge in [0, 0.05) is 36.8 Å². The van der Waals surface area contributed by atoms with E-state index in [1.165, 1.54) is 14.0 Å². The normalized spacial score (nSPS) is 32.0. The molecule has 2 saturated carbocycles. The average molecular weight is 645 g/mol. The zero-order valence-corrected chi connectivity index (χ0v) is 29.7. The van der Waals surface area contributed by atoms with Crippen molar-refractivity contribution in [2.75, 3.05) is 7.11 Å². The molecule has 254 valence electrons. The van der Waals surface area contributed by atoms with Crippen LogP contribution in [0, 0.1) is 22.7 Å². The second kappa shape index (κ2) is 14.6. The van der Waals surface area contributed by atoms with Crippen LogP contribution in [0.3, 0.4) is 0 Å². The lowest BCUT2D eigenvalue weighted by molar-refractivity contribution is -0.152. The fraction of sp³-hybridized carbons (Fsp3) is 0.525. The molecule has 0 aromatic heterocycles. The Morgan fingerprint density at radius 1 is 0.936 bits per heavy atom. The predicted octanol–water partition coefficient (Wildman–Crippen LogP) is 6.94. The number of epoxide rings is 1. The van der Waals surface area contributed by atoms with Crippen molar-refractivity contribution in [3.8, 4) is 11.8 Å². The lowest BCUT2D eigenvalue weighted by Gasteiger charge is -2.44. The van der Waals surface area contributed by atoms with E-state index in [1.54, 1.807) is 19.1 Å². The van der Waals surface area contributed by atoms with Gasteiger partial charge in [0.15, 0.2) is 0 Å². The highest BCUT2D eigenvalue weighted by molar-refractivity contribution is 5.92. The van der Waals surface area contributed by atoms with Crippen molar-refractivity contribution in [1.82, 2.24) is 0 Å². The minimum atomic E-state index is -1.12. The molecule has 7 nitrogen and oxygen atoms in total. The van der Waals surface area contributed by atoms with Crippen molar-refractivity contribution in [3.05, 3.63) is 88.8 Å². The van der Waals surface area contributed by atoms with Gasteiger partial charge in [0.25, 0.3) is 0 Å². The summed E-state index contributed by atoms with van der Waals surface area (Å²) in [7, 11) is 1.34. The summed E-state index contributed by atoms with van der Waals surface area (Å²) in [6.07, 6.45) is 19.9. The summed E-state index contributed by atoms with van der Waals surface area (Å²) in [5, 5.41) is 21.4. The van der Waals surface area contributed by atoms with Gasteiger partial charge >= 0.3 is 11.9 Å². The molecule has 3 rings (SSSR count). The number of hydrogen-bond donors (Lipinski definition) is 2. The molecule has 0 aromatic rings. The summed E-state index contributed by atoms with van der Waals surface area (Å²) in [6, 6.07) is 0. The monoisotopic (exact) mass is 644 g/mol. The molecule has 1 aliphatic heterocycles. The predicted molar refractivity (Wildman–Crippen MR) is 185 cm³/mol. The second-order valence-corrected chi connectivity index (χ2v) is 14.7. The average Bonchev–Trinajstić information content (AvgIpc) is 3.55. The van der Waals surface area contributed by atoms with Gasteiger partial charge in [0.1, 0.15) is 17.3 Å². The Balaban J connectivity index is 1.64. The first-order valence-electron chi connectivity index (χ1n) is 16.2. The van der Waals surface area contributed by atoms with Gasteiger partial charge in [0.2, 0.25) is 0 Å². The highest BCUT2D eigenvalue weighted by atomic mass is 16.6. The largest absolute Gasteiger partial charge is 0.465 e. The third-order valence-corrected chi connectivity index (χ3v) is 9.32. The Morgan fingerprint density at radius 3 is 2.19 bits per heavy atom. The molecule has 47 heavy (non-hydrogen) atoms. The zero-order valence-electron chi connectivity index (χ0n) is 29.7. The number of carbonyl (C=O) groups excluding carboxylic acids is 2. The standard InChI is InChI=1S/C40H52O7/c1-28(18-15-19-31(35(43)45-10)22-23-40-37(6,7)24-32(42)25-39(40,9)47-40)16-13-11-12-14-17-29(2)20-21-34-36(4,5)26-33(46-30(3)41)27-38(34,8)44/h11-14,16-17,19-20,22-23,32-33,42,44H,24-27H2,1-10H3/b13-11-,14-12+,23-22+,28-16+,29-17+,31-19-/t21?,32-,33-,38+,39+,40-/m0/s1. The quantitative estimate of drug-likeness (QED) is 0.0736. The van der Waals surface area contributed by atoms with Gasteiger partial charge in [-0.3, -0.25) is 4.79 Å². The molecular weight excluding hydrogens is 592 g/mol. The van der Waals surface area contributed by atoms with Gasteiger partial charge in [-0.25, -0.2) is 4.79 Å². The van der Waals surface area contributed by atoms with E-state index in [2.05, 4.69) is 31.4 Å². The number of aliphatic hydroxyl groups is 2. The fourth-order valence-electron chi connectivity index (χ4n) is 7.30. The third-order valence-electron chi connectivity index (χ3n) is 9.32. The highest BCUT2D eigenvalue weighted by Crippen LogP contribution is 2.66. The van der Waals surface area contributed by atoms with E-state index in [0.717, 1.165) is 16.7 Å². The van der Waals surface area contributed by atoms with Crippen molar-refractivity contribution < 1.29 is 34.0 Å². The number of hydrogen-bond acceptors (Lipinski definition) is 7. The molecule has 0 amide bonds. The van der Waals surface area contributed by atoms with Gasteiger partial charge in [-0.2, -0.15) is 0 Å². The van der Waals surface area contributed by atoms with Crippen LogP contribution in [-0.2, 0) is 23.8 Å². The number of fused-ring (bicyclic) bond motifs is 1. The van der Waals surface area contributed by atoms with E-state index in [1.807, 2.05) is 83.2 Å². The van der Waals surface area contributed by atoms with Crippen molar-refractivity contribution >= 4 is 11.9 Å². The van der Waals surface area contributed by atoms with E-state index in [9.17, 15) is 19.8 Å². The smallest absolute Gasteiger partial charge is 0.338 e. The van der Waals surface area contributed by atoms with Crippen LogP contribution < -0.4 is 0 Å². The first-order valence-corrected chi connectivity index (χ1v) is 16.2. The summed E-state index contributed by atoms with van der Waals surface area (Å²) in [4.78, 5) is 23.9. The van der Waals surface area contributed by atoms with Crippen molar-refractivity contribution in [1.29, 1.82) is 0 Å². The minimum absolute atomic E-state index is 0.293. The Kier molecular flexibility index (Phi) is 11.8. The van der Waals surface area contributed by atoms with E-state index < -0.39 is 28.9 Å². The fourth-order valence-corrected chi connectivity index (χ4v) is 7.30. The third kappa shape index (κ3) is 9.24. The molecule has 2 N–H and O–H groups in total. The van der Waals surface area contributed by atoms with Crippen LogP contribution in [-0.4, -0.2) is 58.3 Å². The number of rotatable bonds is 8. The summed E-state index contributed by atoms with van der Waals surface area (Å²) in [5.41, 5.74) is 3.42. The van der Waals surface area contributed by atoms with Gasteiger partial charge in [0.05, 0.1) is 24.4 Å². The minimum Gasteiger partial charge on any atom is -0.465 e. The topological polar surface area (TPSA) is 106 Å². The molecule has 3 fully saturated rings. The number of allylic oxidation sites excluding steroid dienone is 9. The van der Waals surface area contributed by atoms with Gasteiger partial charge < -0.3 is 24.4 Å². The Hall–Kier alpha value is -3.66. The lowest BCUT2D eigenvalue weighted by atomic mass is 9.63. The van der Waals surface area contributed by atoms with Gasteiger partial charge in [-0.1, -0.05) is 76.0 Å². The van der Waals surface area contributed by atoms with Crippen LogP contribution in [0.2, 0.25) is 0 Å². The molecule has 3 aliphatic rings. The Morgan fingerprint density at radius 2 is 1.60 bits per heavy atom. The van der Waals surface area contributed by atoms with Gasteiger partial charge in [-0.05, 0) is 75.3 Å². The van der Waals surface area contributed by atoms with E-state index in [0.29, 0.717) is 31.3 Å². The SMILES string of the molecule is COC(=O)C(=C\C#C/C(C)=C/C=C\C=C\C=C(/C)C=C=C1C(C)(C)C[C@H](OC(C)=O)C[C@@]1(C)O)/C=C/[C@@]12O[C@]1(C)C[C@@H](O)CC2(C)C. The maximum absolute atomic E-state index is 12.5. The maximum atomic E-state index is 12.5. The first-order chi connectivity index (χ1) is 21.8. The van der Waals surface area contributed by atoms with Crippen molar-refractivity contribution in [2.45, 2.75) is 117 Å². The van der Waals surface area contributed by atoms with E-state index >= 15 is 0 Å². The van der Waals surface area contributed by atoms with Gasteiger partial charge in [-0.15, -0.1) is 5.73 Å². The van der Waals surface area contributed by atoms with Crippen LogP contribution in [0.4, 0.5) is 0 Å². The molecule has 0 aromatic carbocycles. The van der Waals surface area contributed by atoms with Crippen LogP contribution in [0.5, 0.6) is 0 Å². The van der Waals surface area contributed by atoms with E-state index in [4.69, 9.17) is 14.2 Å². The van der Waals surface area contributed by atoms with Crippen LogP contribution in [0.1, 0.15) is 88.0 Å². The highest BCUT2D eigenvalue weighted by Gasteiger charge is 2.74. The van der Waals surface area contributed by atoms with Crippen molar-refractivity contribution in [3.63, 3.8) is 0 Å². The van der Waals surface area contributed by atoms with Crippen LogP contribution in [0.15, 0.2) is 88.8 Å². The zero-order chi connectivity index (χ0) is 35.3. The summed E-state index contributed by atoms with van der Waals surface area (Å²) >= 11 is 0. The molecule has 1 heterocycles. The van der Waals surface area contributed by atoms with Crippen LogP contribution >= 0.6 is 0 Å². The van der Waals surface area contributed by atoms with E-state index in [-0.39, 0.29) is 22.9 Å². The number of carbonyl (C=O) groups is 2. The summed E-state index contributed by atoms with van der Waals surface area (Å²) in [5.74, 6) is 5.18. The Labute approximate surface area is 281 Å².